The van der Waals surface area contributed by atoms with Gasteiger partial charge in [-0.05, 0) is 36.8 Å². The van der Waals surface area contributed by atoms with E-state index in [1.165, 1.54) is 5.69 Å². The molecule has 0 aromatic heterocycles. The maximum atomic E-state index is 11.4. The first-order valence-electron chi connectivity index (χ1n) is 6.64. The number of nitrogens with two attached hydrogens (primary N) is 1. The Bertz CT molecular complexity index is 552. The molecule has 0 bridgehead atoms. The summed E-state index contributed by atoms with van der Waals surface area (Å²) in [7, 11) is 0. The summed E-state index contributed by atoms with van der Waals surface area (Å²) in [6.07, 6.45) is 0. The molecule has 2 rings (SSSR count). The fourth-order valence-corrected chi connectivity index (χ4v) is 2.09. The summed E-state index contributed by atoms with van der Waals surface area (Å²) in [4.78, 5) is 13.7. The second kappa shape index (κ2) is 6.73. The lowest BCUT2D eigenvalue weighted by Gasteiger charge is -2.23. The largest absolute Gasteiger partial charge is 0.367 e. The molecular formula is C16H19N3O. The zero-order chi connectivity index (χ0) is 14.4. The summed E-state index contributed by atoms with van der Waals surface area (Å²) in [5.41, 5.74) is 5.05. The normalized spacial score (nSPS) is 10.1. The summed E-state index contributed by atoms with van der Waals surface area (Å²) >= 11 is 0. The van der Waals surface area contributed by atoms with Gasteiger partial charge in [0.15, 0.2) is 0 Å². The Kier molecular flexibility index (Phi) is 4.74. The van der Waals surface area contributed by atoms with E-state index < -0.39 is 0 Å². The van der Waals surface area contributed by atoms with Crippen molar-refractivity contribution in [3.63, 3.8) is 0 Å². The molecule has 0 aliphatic rings. The molecule has 0 unspecified atom stereocenters. The van der Waals surface area contributed by atoms with Gasteiger partial charge in [0, 0.05) is 24.3 Å². The molecule has 1 amide bonds. The number of para-hydroxylation sites is 1. The van der Waals surface area contributed by atoms with Crippen LogP contribution in [0.15, 0.2) is 54.6 Å². The number of amides is 1. The van der Waals surface area contributed by atoms with Crippen molar-refractivity contribution in [2.75, 3.05) is 11.4 Å². The predicted molar refractivity (Wildman–Crippen MR) is 81.3 cm³/mol. The van der Waals surface area contributed by atoms with E-state index in [4.69, 9.17) is 5.84 Å². The van der Waals surface area contributed by atoms with E-state index in [9.17, 15) is 4.79 Å². The standard InChI is InChI=1S/C16H19N3O/c1-2-19(15-6-4-3-5-7-15)12-13-8-10-14(11-9-13)16(20)18-17/h3-11H,2,12,17H2,1H3,(H,18,20). The van der Waals surface area contributed by atoms with Crippen molar-refractivity contribution in [3.05, 3.63) is 65.7 Å². The molecule has 0 atom stereocenters. The molecule has 2 aromatic carbocycles. The van der Waals surface area contributed by atoms with E-state index in [1.54, 1.807) is 12.1 Å². The van der Waals surface area contributed by atoms with Gasteiger partial charge in [-0.15, -0.1) is 0 Å². The van der Waals surface area contributed by atoms with Crippen LogP contribution in [0.4, 0.5) is 5.69 Å². The number of hydrogen-bond donors (Lipinski definition) is 2. The molecule has 4 heteroatoms. The van der Waals surface area contributed by atoms with Crippen molar-refractivity contribution in [2.24, 2.45) is 5.84 Å². The number of rotatable bonds is 5. The van der Waals surface area contributed by atoms with Crippen molar-refractivity contribution >= 4 is 11.6 Å². The SMILES string of the molecule is CCN(Cc1ccc(C(=O)NN)cc1)c1ccccc1. The van der Waals surface area contributed by atoms with Crippen molar-refractivity contribution in [1.82, 2.24) is 5.43 Å². The molecule has 0 radical (unpaired) electrons. The van der Waals surface area contributed by atoms with E-state index in [0.29, 0.717) is 5.56 Å². The fourth-order valence-electron chi connectivity index (χ4n) is 2.09. The van der Waals surface area contributed by atoms with E-state index >= 15 is 0 Å². The van der Waals surface area contributed by atoms with Gasteiger partial charge in [-0.1, -0.05) is 30.3 Å². The molecule has 0 fully saturated rings. The molecule has 0 saturated carbocycles. The number of hydrogen-bond acceptors (Lipinski definition) is 3. The topological polar surface area (TPSA) is 58.4 Å². The van der Waals surface area contributed by atoms with Crippen molar-refractivity contribution < 1.29 is 4.79 Å². The average Bonchev–Trinajstić information content (AvgIpc) is 2.53. The smallest absolute Gasteiger partial charge is 0.265 e. The number of anilines is 1. The lowest BCUT2D eigenvalue weighted by Crippen LogP contribution is -2.30. The van der Waals surface area contributed by atoms with Gasteiger partial charge in [0.1, 0.15) is 0 Å². The Morgan fingerprint density at radius 1 is 1.10 bits per heavy atom. The lowest BCUT2D eigenvalue weighted by atomic mass is 10.1. The van der Waals surface area contributed by atoms with Gasteiger partial charge in [0.25, 0.3) is 5.91 Å². The first-order chi connectivity index (χ1) is 9.74. The van der Waals surface area contributed by atoms with Crippen LogP contribution in [0.5, 0.6) is 0 Å². The molecule has 4 nitrogen and oxygen atoms in total. The van der Waals surface area contributed by atoms with E-state index in [-0.39, 0.29) is 5.91 Å². The molecule has 104 valence electrons. The quantitative estimate of drug-likeness (QED) is 0.497. The monoisotopic (exact) mass is 269 g/mol. The van der Waals surface area contributed by atoms with Crippen LogP contribution in [0.2, 0.25) is 0 Å². The molecule has 0 saturated heterocycles. The van der Waals surface area contributed by atoms with Crippen molar-refractivity contribution in [1.29, 1.82) is 0 Å². The average molecular weight is 269 g/mol. The number of carbonyl (C=O) groups is 1. The summed E-state index contributed by atoms with van der Waals surface area (Å²) in [6.45, 7) is 3.86. The van der Waals surface area contributed by atoms with Crippen LogP contribution >= 0.6 is 0 Å². The minimum atomic E-state index is -0.271. The zero-order valence-electron chi connectivity index (χ0n) is 11.5. The van der Waals surface area contributed by atoms with Crippen LogP contribution in [-0.2, 0) is 6.54 Å². The first kappa shape index (κ1) is 14.1. The summed E-state index contributed by atoms with van der Waals surface area (Å²) in [6, 6.07) is 17.8. The number of nitrogens with one attached hydrogen (secondary N) is 1. The number of nitrogens with zero attached hydrogens (tertiary/aromatic N) is 1. The third-order valence-corrected chi connectivity index (χ3v) is 3.22. The molecule has 0 aliphatic heterocycles. The van der Waals surface area contributed by atoms with Gasteiger partial charge in [-0.3, -0.25) is 10.2 Å². The highest BCUT2D eigenvalue weighted by Gasteiger charge is 2.06. The Hall–Kier alpha value is -2.33. The van der Waals surface area contributed by atoms with Crippen LogP contribution in [0.3, 0.4) is 0 Å². The minimum absolute atomic E-state index is 0.271. The molecular weight excluding hydrogens is 250 g/mol. The van der Waals surface area contributed by atoms with E-state index in [0.717, 1.165) is 18.7 Å². The summed E-state index contributed by atoms with van der Waals surface area (Å²) in [5.74, 6) is 4.84. The Morgan fingerprint density at radius 3 is 2.30 bits per heavy atom. The van der Waals surface area contributed by atoms with Crippen molar-refractivity contribution in [3.8, 4) is 0 Å². The third kappa shape index (κ3) is 3.36. The highest BCUT2D eigenvalue weighted by molar-refractivity contribution is 5.93. The van der Waals surface area contributed by atoms with E-state index in [1.807, 2.05) is 30.3 Å². The Morgan fingerprint density at radius 2 is 1.75 bits per heavy atom. The van der Waals surface area contributed by atoms with Gasteiger partial charge in [0.2, 0.25) is 0 Å². The molecule has 2 aromatic rings. The first-order valence-corrected chi connectivity index (χ1v) is 6.64. The van der Waals surface area contributed by atoms with Crippen LogP contribution in [0.25, 0.3) is 0 Å². The number of carbonyl (C=O) groups excluding carboxylic acids is 1. The fraction of sp³-hybridized carbons (Fsp3) is 0.188. The Labute approximate surface area is 119 Å². The molecule has 3 N–H and O–H groups in total. The maximum Gasteiger partial charge on any atom is 0.265 e. The van der Waals surface area contributed by atoms with Crippen LogP contribution in [0.1, 0.15) is 22.8 Å². The van der Waals surface area contributed by atoms with Gasteiger partial charge >= 0.3 is 0 Å². The molecule has 0 aliphatic carbocycles. The van der Waals surface area contributed by atoms with Gasteiger partial charge in [0.05, 0.1) is 0 Å². The molecule has 0 heterocycles. The van der Waals surface area contributed by atoms with Crippen LogP contribution < -0.4 is 16.2 Å². The Balaban J connectivity index is 2.10. The molecule has 20 heavy (non-hydrogen) atoms. The zero-order valence-corrected chi connectivity index (χ0v) is 11.5. The minimum Gasteiger partial charge on any atom is -0.367 e. The van der Waals surface area contributed by atoms with Gasteiger partial charge < -0.3 is 4.90 Å². The van der Waals surface area contributed by atoms with Gasteiger partial charge in [-0.25, -0.2) is 5.84 Å². The van der Waals surface area contributed by atoms with Crippen molar-refractivity contribution in [2.45, 2.75) is 13.5 Å². The van der Waals surface area contributed by atoms with Crippen LogP contribution in [0, 0.1) is 0 Å². The highest BCUT2D eigenvalue weighted by Crippen LogP contribution is 2.16. The predicted octanol–water partition coefficient (Wildman–Crippen LogP) is 2.32. The summed E-state index contributed by atoms with van der Waals surface area (Å²) in [5, 5.41) is 0. The maximum absolute atomic E-state index is 11.4. The van der Waals surface area contributed by atoms with Gasteiger partial charge in [-0.2, -0.15) is 0 Å². The molecule has 0 spiro atoms. The number of nitrogen functional groups attached to an aromatic ring is 1. The second-order valence-corrected chi connectivity index (χ2v) is 4.52. The summed E-state index contributed by atoms with van der Waals surface area (Å²) < 4.78 is 0. The van der Waals surface area contributed by atoms with Crippen LogP contribution in [-0.4, -0.2) is 12.5 Å². The lowest BCUT2D eigenvalue weighted by molar-refractivity contribution is 0.0953. The second-order valence-electron chi connectivity index (χ2n) is 4.52. The number of benzene rings is 2. The highest BCUT2D eigenvalue weighted by atomic mass is 16.2. The van der Waals surface area contributed by atoms with E-state index in [2.05, 4.69) is 29.4 Å². The number of hydrazine groups is 1. The third-order valence-electron chi connectivity index (χ3n) is 3.22.